The number of nitrogens with zero attached hydrogens (tertiary/aromatic N) is 1. The van der Waals surface area contributed by atoms with E-state index in [1.54, 1.807) is 6.07 Å². The summed E-state index contributed by atoms with van der Waals surface area (Å²) >= 11 is 0. The van der Waals surface area contributed by atoms with Gasteiger partial charge in [0.25, 0.3) is 0 Å². The van der Waals surface area contributed by atoms with E-state index >= 15 is 0 Å². The quantitative estimate of drug-likeness (QED) is 0.234. The van der Waals surface area contributed by atoms with Crippen molar-refractivity contribution in [1.82, 2.24) is 0 Å². The van der Waals surface area contributed by atoms with Crippen molar-refractivity contribution in [3.63, 3.8) is 0 Å². The number of unbranched alkanes of at least 4 members (excludes halogenated alkanes) is 1. The predicted octanol–water partition coefficient (Wildman–Crippen LogP) is 6.45. The molecule has 156 valence electrons. The highest BCUT2D eigenvalue weighted by molar-refractivity contribution is 5.65. The normalized spacial score (nSPS) is 11.5. The van der Waals surface area contributed by atoms with Crippen molar-refractivity contribution >= 4 is 11.8 Å². The Kier molecular flexibility index (Phi) is 7.90. The minimum atomic E-state index is -0.694. The zero-order chi connectivity index (χ0) is 21.2. The molecule has 0 saturated heterocycles. The molecule has 4 nitrogen and oxygen atoms in total. The Labute approximate surface area is 179 Å². The first-order valence-electron chi connectivity index (χ1n) is 10.5. The molecule has 0 aromatic heterocycles. The molecular formula is C26H29NO3. The zero-order valence-corrected chi connectivity index (χ0v) is 17.7. The van der Waals surface area contributed by atoms with Crippen molar-refractivity contribution in [3.05, 3.63) is 96.1 Å². The minimum Gasteiger partial charge on any atom is -0.410 e. The second-order valence-electron chi connectivity index (χ2n) is 7.22. The summed E-state index contributed by atoms with van der Waals surface area (Å²) in [6, 6.07) is 27.7. The summed E-state index contributed by atoms with van der Waals surface area (Å²) in [5.74, 6) is 0.526. The number of anilines is 1. The van der Waals surface area contributed by atoms with Crippen molar-refractivity contribution in [2.24, 2.45) is 0 Å². The molecule has 3 aromatic rings. The topological polar surface area (TPSA) is 38.8 Å². The van der Waals surface area contributed by atoms with E-state index in [-0.39, 0.29) is 0 Å². The van der Waals surface area contributed by atoms with Gasteiger partial charge < -0.3 is 14.4 Å². The summed E-state index contributed by atoms with van der Waals surface area (Å²) < 4.78 is 11.2. The van der Waals surface area contributed by atoms with Gasteiger partial charge in [0.05, 0.1) is 0 Å². The molecule has 1 unspecified atom stereocenters. The van der Waals surface area contributed by atoms with Gasteiger partial charge in [0.1, 0.15) is 5.75 Å². The lowest BCUT2D eigenvalue weighted by Gasteiger charge is -2.30. The van der Waals surface area contributed by atoms with Crippen molar-refractivity contribution in [2.75, 3.05) is 11.4 Å². The van der Waals surface area contributed by atoms with Gasteiger partial charge in [0.2, 0.25) is 0 Å². The lowest BCUT2D eigenvalue weighted by atomic mass is 10.0. The first-order valence-corrected chi connectivity index (χ1v) is 10.5. The molecular weight excluding hydrogens is 374 g/mol. The number of ether oxygens (including phenoxy) is 2. The van der Waals surface area contributed by atoms with Gasteiger partial charge in [-0.1, -0.05) is 80.1 Å². The number of benzene rings is 3. The maximum Gasteiger partial charge on any atom is 0.515 e. The van der Waals surface area contributed by atoms with E-state index < -0.39 is 12.4 Å². The molecule has 0 spiro atoms. The summed E-state index contributed by atoms with van der Waals surface area (Å²) in [6.45, 7) is 4.83. The smallest absolute Gasteiger partial charge is 0.410 e. The number of para-hydroxylation sites is 2. The summed E-state index contributed by atoms with van der Waals surface area (Å²) in [5, 5.41) is 0. The fourth-order valence-corrected chi connectivity index (χ4v) is 3.35. The second-order valence-corrected chi connectivity index (χ2v) is 7.22. The summed E-state index contributed by atoms with van der Waals surface area (Å²) in [4.78, 5) is 14.6. The second kappa shape index (κ2) is 11.1. The van der Waals surface area contributed by atoms with E-state index in [1.807, 2.05) is 73.7 Å². The Bertz CT molecular complexity index is 912. The van der Waals surface area contributed by atoms with Crippen LogP contribution in [-0.4, -0.2) is 18.9 Å². The standard InChI is InChI=1S/C26H29NO3/c1-3-4-19-27(24-16-9-6-10-17-24)21(2)29-26(28)30-25-18-12-11-15-23(25)20-22-13-7-5-8-14-22/h5-18,21H,3-4,19-20H2,1-2H3. The molecule has 1 atom stereocenters. The highest BCUT2D eigenvalue weighted by atomic mass is 16.7. The van der Waals surface area contributed by atoms with Crippen LogP contribution in [-0.2, 0) is 11.2 Å². The van der Waals surface area contributed by atoms with Gasteiger partial charge in [0, 0.05) is 18.7 Å². The molecule has 0 aliphatic heterocycles. The molecule has 0 aliphatic rings. The average Bonchev–Trinajstić information content (AvgIpc) is 2.77. The van der Waals surface area contributed by atoms with E-state index in [9.17, 15) is 4.79 Å². The number of hydrogen-bond acceptors (Lipinski definition) is 4. The van der Waals surface area contributed by atoms with Gasteiger partial charge in [-0.25, -0.2) is 4.79 Å². The van der Waals surface area contributed by atoms with Crippen LogP contribution >= 0.6 is 0 Å². The van der Waals surface area contributed by atoms with Crippen LogP contribution in [0.25, 0.3) is 0 Å². The number of carbonyl (C=O) groups excluding carboxylic acids is 1. The summed E-state index contributed by atoms with van der Waals surface area (Å²) in [7, 11) is 0. The van der Waals surface area contributed by atoms with Crippen LogP contribution in [0.4, 0.5) is 10.5 Å². The number of carbonyl (C=O) groups is 1. The molecule has 0 bridgehead atoms. The fraction of sp³-hybridized carbons (Fsp3) is 0.269. The monoisotopic (exact) mass is 403 g/mol. The van der Waals surface area contributed by atoms with Gasteiger partial charge in [-0.3, -0.25) is 0 Å². The van der Waals surface area contributed by atoms with Crippen molar-refractivity contribution in [1.29, 1.82) is 0 Å². The largest absolute Gasteiger partial charge is 0.515 e. The van der Waals surface area contributed by atoms with Crippen LogP contribution in [0.1, 0.15) is 37.8 Å². The van der Waals surface area contributed by atoms with Crippen molar-refractivity contribution in [2.45, 2.75) is 39.3 Å². The number of hydrogen-bond donors (Lipinski definition) is 0. The summed E-state index contributed by atoms with van der Waals surface area (Å²) in [5.41, 5.74) is 3.13. The molecule has 0 N–H and O–H groups in total. The van der Waals surface area contributed by atoms with Gasteiger partial charge in [-0.2, -0.15) is 0 Å². The first kappa shape index (κ1) is 21.4. The molecule has 30 heavy (non-hydrogen) atoms. The highest BCUT2D eigenvalue weighted by Crippen LogP contribution is 2.23. The molecule has 0 amide bonds. The van der Waals surface area contributed by atoms with Gasteiger partial charge in [-0.05, 0) is 42.7 Å². The van der Waals surface area contributed by atoms with Crippen LogP contribution in [0.5, 0.6) is 5.75 Å². The van der Waals surface area contributed by atoms with E-state index in [2.05, 4.69) is 24.0 Å². The van der Waals surface area contributed by atoms with E-state index in [0.29, 0.717) is 12.2 Å². The third kappa shape index (κ3) is 6.11. The molecule has 4 heteroatoms. The number of rotatable bonds is 9. The van der Waals surface area contributed by atoms with Gasteiger partial charge >= 0.3 is 6.16 Å². The van der Waals surface area contributed by atoms with Crippen molar-refractivity contribution in [3.8, 4) is 5.75 Å². The molecule has 0 fully saturated rings. The van der Waals surface area contributed by atoms with Gasteiger partial charge in [-0.15, -0.1) is 0 Å². The highest BCUT2D eigenvalue weighted by Gasteiger charge is 2.20. The van der Waals surface area contributed by atoms with Gasteiger partial charge in [0.15, 0.2) is 6.23 Å². The van der Waals surface area contributed by atoms with Crippen molar-refractivity contribution < 1.29 is 14.3 Å². The van der Waals surface area contributed by atoms with Crippen LogP contribution in [0.15, 0.2) is 84.9 Å². The van der Waals surface area contributed by atoms with Crippen LogP contribution in [0.3, 0.4) is 0 Å². The Morgan fingerprint density at radius 2 is 1.53 bits per heavy atom. The molecule has 3 rings (SSSR count). The van der Waals surface area contributed by atoms with Crippen LogP contribution < -0.4 is 9.64 Å². The van der Waals surface area contributed by atoms with E-state index in [4.69, 9.17) is 9.47 Å². The Hall–Kier alpha value is -3.27. The van der Waals surface area contributed by atoms with Crippen LogP contribution in [0, 0.1) is 0 Å². The molecule has 0 radical (unpaired) electrons. The lowest BCUT2D eigenvalue weighted by Crippen LogP contribution is -2.38. The Morgan fingerprint density at radius 3 is 2.23 bits per heavy atom. The maximum absolute atomic E-state index is 12.6. The minimum absolute atomic E-state index is 0.437. The molecule has 0 aliphatic carbocycles. The lowest BCUT2D eigenvalue weighted by molar-refractivity contribution is 0.0637. The predicted molar refractivity (Wildman–Crippen MR) is 121 cm³/mol. The zero-order valence-electron chi connectivity index (χ0n) is 17.7. The van der Waals surface area contributed by atoms with E-state index in [0.717, 1.165) is 36.2 Å². The van der Waals surface area contributed by atoms with Crippen LogP contribution in [0.2, 0.25) is 0 Å². The Morgan fingerprint density at radius 1 is 0.900 bits per heavy atom. The maximum atomic E-state index is 12.6. The molecule has 0 saturated carbocycles. The Balaban J connectivity index is 1.67. The third-order valence-electron chi connectivity index (χ3n) is 4.95. The van der Waals surface area contributed by atoms with E-state index in [1.165, 1.54) is 0 Å². The fourth-order valence-electron chi connectivity index (χ4n) is 3.35. The third-order valence-corrected chi connectivity index (χ3v) is 4.95. The summed E-state index contributed by atoms with van der Waals surface area (Å²) in [6.07, 6.45) is 1.63. The first-order chi connectivity index (χ1) is 14.7. The SMILES string of the molecule is CCCCN(c1ccccc1)C(C)OC(=O)Oc1ccccc1Cc1ccccc1. The average molecular weight is 404 g/mol. The molecule has 3 aromatic carbocycles. The molecule has 0 heterocycles.